The molecule has 1 nitrogen and oxygen atoms in total. The van der Waals surface area contributed by atoms with Crippen molar-refractivity contribution in [2.24, 2.45) is 0 Å². The highest BCUT2D eigenvalue weighted by Crippen LogP contribution is 2.32. The smallest absolute Gasteiger partial charge is 0.0837 e. The van der Waals surface area contributed by atoms with Gasteiger partial charge in [-0.3, -0.25) is 0 Å². The molecule has 0 bridgehead atoms. The molecule has 0 unspecified atom stereocenters. The lowest BCUT2D eigenvalue weighted by Crippen LogP contribution is -1.87. The molecule has 0 aliphatic rings. The first-order valence-electron chi connectivity index (χ1n) is 4.54. The zero-order valence-corrected chi connectivity index (χ0v) is 10.1. The average molecular weight is 241 g/mol. The number of halogens is 1. The van der Waals surface area contributed by atoms with E-state index in [9.17, 15) is 0 Å². The fraction of sp³-hybridized carbons (Fsp3) is 0.167. The first-order chi connectivity index (χ1) is 7.17. The number of hydrogen-bond acceptors (Lipinski definition) is 2. The van der Waals surface area contributed by atoms with E-state index < -0.39 is 0 Å². The van der Waals surface area contributed by atoms with Crippen LogP contribution in [0.2, 0.25) is 0 Å². The number of aliphatic hydroxyl groups is 1. The summed E-state index contributed by atoms with van der Waals surface area (Å²) in [4.78, 5) is 1.05. The zero-order chi connectivity index (χ0) is 11.3. The molecule has 0 fully saturated rings. The Labute approximate surface area is 99.5 Å². The van der Waals surface area contributed by atoms with E-state index in [0.29, 0.717) is 9.94 Å². The zero-order valence-electron chi connectivity index (χ0n) is 8.53. The van der Waals surface area contributed by atoms with Crippen LogP contribution in [-0.4, -0.2) is 11.7 Å². The molecule has 80 valence electrons. The molecule has 1 aromatic carbocycles. The normalized spacial score (nSPS) is 12.2. The highest BCUT2D eigenvalue weighted by molar-refractivity contribution is 8.04. The van der Waals surface area contributed by atoms with E-state index in [2.05, 4.69) is 6.58 Å². The van der Waals surface area contributed by atoms with Crippen molar-refractivity contribution in [3.8, 4) is 0 Å². The fourth-order valence-corrected chi connectivity index (χ4v) is 2.14. The van der Waals surface area contributed by atoms with Gasteiger partial charge in [0.2, 0.25) is 0 Å². The minimum atomic E-state index is -0.0821. The van der Waals surface area contributed by atoms with Gasteiger partial charge in [0, 0.05) is 10.5 Å². The molecule has 0 saturated carbocycles. The first-order valence-corrected chi connectivity index (χ1v) is 5.73. The second kappa shape index (κ2) is 6.01. The number of hydrogen-bond donors (Lipinski definition) is 1. The molecule has 0 spiro atoms. The van der Waals surface area contributed by atoms with E-state index in [4.69, 9.17) is 16.7 Å². The van der Waals surface area contributed by atoms with Gasteiger partial charge in [-0.2, -0.15) is 0 Å². The summed E-state index contributed by atoms with van der Waals surface area (Å²) in [6, 6.07) is 8.05. The molecule has 0 amide bonds. The van der Waals surface area contributed by atoms with Gasteiger partial charge in [0.15, 0.2) is 0 Å². The number of aliphatic hydroxyl groups excluding tert-OH is 1. The molecule has 0 aromatic heterocycles. The van der Waals surface area contributed by atoms with E-state index >= 15 is 0 Å². The predicted octanol–water partition coefficient (Wildman–Crippen LogP) is 3.72. The van der Waals surface area contributed by atoms with E-state index in [1.165, 1.54) is 17.3 Å². The van der Waals surface area contributed by atoms with E-state index in [1.54, 1.807) is 6.08 Å². The molecule has 1 aromatic rings. The van der Waals surface area contributed by atoms with Crippen molar-refractivity contribution < 1.29 is 5.11 Å². The molecule has 3 heteroatoms. The Hall–Kier alpha value is -0.700. The molecular weight excluding hydrogens is 228 g/mol. The Balaban J connectivity index is 2.81. The van der Waals surface area contributed by atoms with Crippen LogP contribution in [0, 0.1) is 6.92 Å². The van der Waals surface area contributed by atoms with Gasteiger partial charge in [-0.1, -0.05) is 53.7 Å². The Morgan fingerprint density at radius 3 is 2.53 bits per heavy atom. The summed E-state index contributed by atoms with van der Waals surface area (Å²) in [6.45, 7) is 5.55. The molecule has 1 N–H and O–H groups in total. The third kappa shape index (κ3) is 3.74. The van der Waals surface area contributed by atoms with Crippen molar-refractivity contribution in [3.63, 3.8) is 0 Å². The summed E-state index contributed by atoms with van der Waals surface area (Å²) in [7, 11) is 0. The van der Waals surface area contributed by atoms with Gasteiger partial charge in [-0.25, -0.2) is 0 Å². The number of rotatable bonds is 4. The Kier molecular flexibility index (Phi) is 4.95. The topological polar surface area (TPSA) is 20.2 Å². The largest absolute Gasteiger partial charge is 0.392 e. The standard InChI is InChI=1S/C12H13ClOS/c1-3-10(8-14)12(13)15-11-6-4-9(2)5-7-11/h3-7,14H,1,8H2,2H3/b12-10+. The molecule has 1 rings (SSSR count). The van der Waals surface area contributed by atoms with E-state index in [0.717, 1.165) is 4.90 Å². The van der Waals surface area contributed by atoms with Crippen LogP contribution in [-0.2, 0) is 0 Å². The third-order valence-corrected chi connectivity index (χ3v) is 3.32. The summed E-state index contributed by atoms with van der Waals surface area (Å²) in [5.41, 5.74) is 1.87. The highest BCUT2D eigenvalue weighted by atomic mass is 35.5. The first kappa shape index (κ1) is 12.4. The van der Waals surface area contributed by atoms with Crippen LogP contribution in [0.15, 0.2) is 51.8 Å². The lowest BCUT2D eigenvalue weighted by atomic mass is 10.2. The van der Waals surface area contributed by atoms with Crippen molar-refractivity contribution in [2.45, 2.75) is 11.8 Å². The molecule has 0 aliphatic carbocycles. The molecule has 0 aliphatic heterocycles. The molecular formula is C12H13ClOS. The maximum absolute atomic E-state index is 8.99. The minimum Gasteiger partial charge on any atom is -0.392 e. The van der Waals surface area contributed by atoms with Crippen LogP contribution in [0.5, 0.6) is 0 Å². The summed E-state index contributed by atoms with van der Waals surface area (Å²) >= 11 is 7.46. The van der Waals surface area contributed by atoms with Gasteiger partial charge in [0.05, 0.1) is 11.0 Å². The maximum Gasteiger partial charge on any atom is 0.0837 e. The summed E-state index contributed by atoms with van der Waals surface area (Å²) in [5, 5.41) is 8.99. The van der Waals surface area contributed by atoms with Crippen LogP contribution in [0.25, 0.3) is 0 Å². The van der Waals surface area contributed by atoms with Crippen LogP contribution in [0.3, 0.4) is 0 Å². The fourth-order valence-electron chi connectivity index (χ4n) is 0.982. The average Bonchev–Trinajstić information content (AvgIpc) is 2.23. The van der Waals surface area contributed by atoms with Crippen LogP contribution in [0.4, 0.5) is 0 Å². The third-order valence-electron chi connectivity index (χ3n) is 1.90. The summed E-state index contributed by atoms with van der Waals surface area (Å²) in [6.07, 6.45) is 1.57. The van der Waals surface area contributed by atoms with Crippen LogP contribution < -0.4 is 0 Å². The lowest BCUT2D eigenvalue weighted by Gasteiger charge is -2.03. The summed E-state index contributed by atoms with van der Waals surface area (Å²) in [5.74, 6) is 0. The Bertz CT molecular complexity index is 368. The van der Waals surface area contributed by atoms with Crippen molar-refractivity contribution >= 4 is 23.4 Å². The van der Waals surface area contributed by atoms with E-state index in [-0.39, 0.29) is 6.61 Å². The SMILES string of the molecule is C=C/C(CO)=C(/Cl)Sc1ccc(C)cc1. The highest BCUT2D eigenvalue weighted by Gasteiger charge is 2.02. The number of benzene rings is 1. The monoisotopic (exact) mass is 240 g/mol. The molecule has 15 heavy (non-hydrogen) atoms. The second-order valence-electron chi connectivity index (χ2n) is 3.08. The molecule has 0 heterocycles. The van der Waals surface area contributed by atoms with Crippen LogP contribution in [0.1, 0.15) is 5.56 Å². The number of aryl methyl sites for hydroxylation is 1. The second-order valence-corrected chi connectivity index (χ2v) is 4.76. The predicted molar refractivity (Wildman–Crippen MR) is 67.2 cm³/mol. The van der Waals surface area contributed by atoms with Crippen molar-refractivity contribution in [1.29, 1.82) is 0 Å². The molecule has 0 radical (unpaired) electrons. The van der Waals surface area contributed by atoms with Gasteiger partial charge in [0.1, 0.15) is 0 Å². The molecule has 0 atom stereocenters. The summed E-state index contributed by atoms with van der Waals surface area (Å²) < 4.78 is 0.566. The van der Waals surface area contributed by atoms with Gasteiger partial charge in [-0.05, 0) is 19.1 Å². The van der Waals surface area contributed by atoms with Crippen LogP contribution >= 0.6 is 23.4 Å². The van der Waals surface area contributed by atoms with Gasteiger partial charge < -0.3 is 5.11 Å². The van der Waals surface area contributed by atoms with Gasteiger partial charge in [0.25, 0.3) is 0 Å². The van der Waals surface area contributed by atoms with Gasteiger partial charge in [-0.15, -0.1) is 0 Å². The van der Waals surface area contributed by atoms with Gasteiger partial charge >= 0.3 is 0 Å². The quantitative estimate of drug-likeness (QED) is 0.640. The Morgan fingerprint density at radius 2 is 2.07 bits per heavy atom. The van der Waals surface area contributed by atoms with Crippen molar-refractivity contribution in [3.05, 3.63) is 52.4 Å². The number of thioether (sulfide) groups is 1. The van der Waals surface area contributed by atoms with Crippen molar-refractivity contribution in [2.75, 3.05) is 6.61 Å². The maximum atomic E-state index is 8.99. The Morgan fingerprint density at radius 1 is 1.47 bits per heavy atom. The van der Waals surface area contributed by atoms with E-state index in [1.807, 2.05) is 31.2 Å². The minimum absolute atomic E-state index is 0.0821. The van der Waals surface area contributed by atoms with Crippen molar-refractivity contribution in [1.82, 2.24) is 0 Å². The molecule has 0 saturated heterocycles. The lowest BCUT2D eigenvalue weighted by molar-refractivity contribution is 0.335.